The van der Waals surface area contributed by atoms with Crippen molar-refractivity contribution in [2.75, 3.05) is 6.26 Å². The standard InChI is InChI=1S/C8H14O5S/c1-6(9)12-7-3-4-8(5-7)13-14(2,10)11/h7-8H,3-5H2,1-2H3/t7-,8+/m0/s1. The van der Waals surface area contributed by atoms with E-state index in [1.54, 1.807) is 0 Å². The molecule has 0 amide bonds. The highest BCUT2D eigenvalue weighted by Crippen LogP contribution is 2.25. The number of hydrogen-bond donors (Lipinski definition) is 0. The largest absolute Gasteiger partial charge is 0.462 e. The lowest BCUT2D eigenvalue weighted by Crippen LogP contribution is -2.17. The Hall–Kier alpha value is -0.620. The molecule has 1 fully saturated rings. The molecule has 0 aromatic rings. The van der Waals surface area contributed by atoms with E-state index in [1.807, 2.05) is 0 Å². The summed E-state index contributed by atoms with van der Waals surface area (Å²) < 4.78 is 31.3. The minimum atomic E-state index is -3.40. The Morgan fingerprint density at radius 2 is 1.86 bits per heavy atom. The van der Waals surface area contributed by atoms with Crippen LogP contribution in [0.15, 0.2) is 0 Å². The van der Waals surface area contributed by atoms with Gasteiger partial charge >= 0.3 is 5.97 Å². The van der Waals surface area contributed by atoms with Crippen LogP contribution < -0.4 is 0 Å². The van der Waals surface area contributed by atoms with Crippen LogP contribution in [0, 0.1) is 0 Å². The molecule has 14 heavy (non-hydrogen) atoms. The summed E-state index contributed by atoms with van der Waals surface area (Å²) in [4.78, 5) is 10.6. The third kappa shape index (κ3) is 4.06. The monoisotopic (exact) mass is 222 g/mol. The van der Waals surface area contributed by atoms with Crippen LogP contribution in [0.25, 0.3) is 0 Å². The van der Waals surface area contributed by atoms with E-state index < -0.39 is 10.1 Å². The molecule has 5 nitrogen and oxygen atoms in total. The Kier molecular flexibility index (Phi) is 3.49. The molecule has 0 saturated heterocycles. The first-order chi connectivity index (χ1) is 6.37. The quantitative estimate of drug-likeness (QED) is 0.512. The first-order valence-electron chi connectivity index (χ1n) is 4.42. The molecule has 0 aromatic carbocycles. The van der Waals surface area contributed by atoms with E-state index in [0.717, 1.165) is 6.26 Å². The average Bonchev–Trinajstić information content (AvgIpc) is 2.30. The SMILES string of the molecule is CC(=O)O[C@H]1CC[C@@H](OS(C)(=O)=O)C1. The zero-order valence-electron chi connectivity index (χ0n) is 8.23. The van der Waals surface area contributed by atoms with Gasteiger partial charge in [0, 0.05) is 13.3 Å². The van der Waals surface area contributed by atoms with Crippen molar-refractivity contribution < 1.29 is 22.1 Å². The topological polar surface area (TPSA) is 69.7 Å². The van der Waals surface area contributed by atoms with Crippen LogP contribution >= 0.6 is 0 Å². The van der Waals surface area contributed by atoms with Crippen LogP contribution in [0.3, 0.4) is 0 Å². The number of hydrogen-bond acceptors (Lipinski definition) is 5. The lowest BCUT2D eigenvalue weighted by atomic mass is 10.3. The van der Waals surface area contributed by atoms with Gasteiger partial charge in [-0.3, -0.25) is 8.98 Å². The van der Waals surface area contributed by atoms with Gasteiger partial charge in [-0.25, -0.2) is 0 Å². The maximum Gasteiger partial charge on any atom is 0.302 e. The van der Waals surface area contributed by atoms with Crippen LogP contribution in [0.1, 0.15) is 26.2 Å². The van der Waals surface area contributed by atoms with Crippen LogP contribution in [-0.4, -0.2) is 32.9 Å². The maximum atomic E-state index is 10.8. The molecule has 0 spiro atoms. The zero-order valence-corrected chi connectivity index (χ0v) is 9.04. The van der Waals surface area contributed by atoms with Crippen molar-refractivity contribution in [1.82, 2.24) is 0 Å². The van der Waals surface area contributed by atoms with Crippen LogP contribution in [0.2, 0.25) is 0 Å². The predicted molar refractivity (Wildman–Crippen MR) is 49.1 cm³/mol. The van der Waals surface area contributed by atoms with E-state index >= 15 is 0 Å². The minimum absolute atomic E-state index is 0.195. The van der Waals surface area contributed by atoms with Gasteiger partial charge in [0.15, 0.2) is 0 Å². The number of ether oxygens (including phenoxy) is 1. The Bertz CT molecular complexity index is 308. The van der Waals surface area contributed by atoms with Gasteiger partial charge in [-0.2, -0.15) is 8.42 Å². The molecule has 1 aliphatic rings. The second-order valence-corrected chi connectivity index (χ2v) is 5.07. The lowest BCUT2D eigenvalue weighted by molar-refractivity contribution is -0.146. The van der Waals surface area contributed by atoms with Crippen molar-refractivity contribution in [2.24, 2.45) is 0 Å². The summed E-state index contributed by atoms with van der Waals surface area (Å²) in [5, 5.41) is 0. The van der Waals surface area contributed by atoms with Crippen molar-refractivity contribution in [1.29, 1.82) is 0 Å². The molecule has 2 atom stereocenters. The third-order valence-electron chi connectivity index (χ3n) is 1.98. The van der Waals surface area contributed by atoms with Crippen molar-refractivity contribution in [3.05, 3.63) is 0 Å². The van der Waals surface area contributed by atoms with E-state index in [4.69, 9.17) is 8.92 Å². The molecule has 0 aromatic heterocycles. The molecule has 0 radical (unpaired) electrons. The fourth-order valence-electron chi connectivity index (χ4n) is 1.58. The van der Waals surface area contributed by atoms with E-state index in [2.05, 4.69) is 0 Å². The molecule has 1 saturated carbocycles. The molecule has 1 rings (SSSR count). The Morgan fingerprint density at radius 3 is 2.36 bits per heavy atom. The smallest absolute Gasteiger partial charge is 0.302 e. The molecule has 0 N–H and O–H groups in total. The van der Waals surface area contributed by atoms with E-state index in [-0.39, 0.29) is 18.2 Å². The molecule has 0 unspecified atom stereocenters. The number of carbonyl (C=O) groups excluding carboxylic acids is 1. The summed E-state index contributed by atoms with van der Waals surface area (Å²) >= 11 is 0. The van der Waals surface area contributed by atoms with Crippen molar-refractivity contribution in [3.63, 3.8) is 0 Å². The highest BCUT2D eigenvalue weighted by atomic mass is 32.2. The van der Waals surface area contributed by atoms with Gasteiger partial charge in [0.05, 0.1) is 12.4 Å². The zero-order chi connectivity index (χ0) is 10.8. The first kappa shape index (κ1) is 11.5. The van der Waals surface area contributed by atoms with E-state index in [0.29, 0.717) is 19.3 Å². The lowest BCUT2D eigenvalue weighted by Gasteiger charge is -2.10. The maximum absolute atomic E-state index is 10.8. The Morgan fingerprint density at radius 1 is 1.29 bits per heavy atom. The van der Waals surface area contributed by atoms with Gasteiger partial charge in [-0.15, -0.1) is 0 Å². The number of carbonyl (C=O) groups is 1. The molecule has 6 heteroatoms. The summed E-state index contributed by atoms with van der Waals surface area (Å²) in [5.74, 6) is -0.338. The highest BCUT2D eigenvalue weighted by Gasteiger charge is 2.29. The summed E-state index contributed by atoms with van der Waals surface area (Å²) in [6, 6.07) is 0. The van der Waals surface area contributed by atoms with Gasteiger partial charge in [0.2, 0.25) is 0 Å². The minimum Gasteiger partial charge on any atom is -0.462 e. The molecular weight excluding hydrogens is 208 g/mol. The van der Waals surface area contributed by atoms with Gasteiger partial charge < -0.3 is 4.74 Å². The van der Waals surface area contributed by atoms with Crippen LogP contribution in [0.5, 0.6) is 0 Å². The van der Waals surface area contributed by atoms with Gasteiger partial charge in [0.25, 0.3) is 10.1 Å². The predicted octanol–water partition coefficient (Wildman–Crippen LogP) is 0.447. The second-order valence-electron chi connectivity index (χ2n) is 3.47. The van der Waals surface area contributed by atoms with E-state index in [9.17, 15) is 13.2 Å². The van der Waals surface area contributed by atoms with Gasteiger partial charge in [-0.1, -0.05) is 0 Å². The Balaban J connectivity index is 2.38. The molecule has 1 aliphatic carbocycles. The second kappa shape index (κ2) is 4.27. The van der Waals surface area contributed by atoms with Crippen LogP contribution in [0.4, 0.5) is 0 Å². The molecule has 0 bridgehead atoms. The molecule has 0 aliphatic heterocycles. The number of rotatable bonds is 3. The summed E-state index contributed by atoms with van der Waals surface area (Å²) in [5.41, 5.74) is 0. The Labute approximate surface area is 83.5 Å². The summed E-state index contributed by atoms with van der Waals surface area (Å²) in [6.45, 7) is 1.34. The van der Waals surface area contributed by atoms with E-state index in [1.165, 1.54) is 6.92 Å². The average molecular weight is 222 g/mol. The first-order valence-corrected chi connectivity index (χ1v) is 6.24. The third-order valence-corrected chi connectivity index (χ3v) is 2.60. The summed E-state index contributed by atoms with van der Waals surface area (Å²) in [6.07, 6.45) is 2.23. The summed E-state index contributed by atoms with van der Waals surface area (Å²) in [7, 11) is -3.40. The van der Waals surface area contributed by atoms with Gasteiger partial charge in [-0.05, 0) is 12.8 Å². The van der Waals surface area contributed by atoms with Crippen molar-refractivity contribution >= 4 is 16.1 Å². The highest BCUT2D eigenvalue weighted by molar-refractivity contribution is 7.86. The normalized spacial score (nSPS) is 27.6. The van der Waals surface area contributed by atoms with Crippen molar-refractivity contribution in [3.8, 4) is 0 Å². The van der Waals surface area contributed by atoms with Crippen LogP contribution in [-0.2, 0) is 23.8 Å². The molecular formula is C8H14O5S. The van der Waals surface area contributed by atoms with Gasteiger partial charge in [0.1, 0.15) is 6.10 Å². The fraction of sp³-hybridized carbons (Fsp3) is 0.875. The molecule has 82 valence electrons. The molecule has 0 heterocycles. The van der Waals surface area contributed by atoms with Crippen molar-refractivity contribution in [2.45, 2.75) is 38.4 Å². The fourth-order valence-corrected chi connectivity index (χ4v) is 2.25. The number of esters is 1.